The Morgan fingerprint density at radius 1 is 1.25 bits per heavy atom. The van der Waals surface area contributed by atoms with E-state index in [1.165, 1.54) is 12.4 Å². The summed E-state index contributed by atoms with van der Waals surface area (Å²) in [6, 6.07) is 9.17. The van der Waals surface area contributed by atoms with Gasteiger partial charge in [-0.25, -0.2) is 9.97 Å². The largest absolute Gasteiger partial charge is 0.399 e. The number of aromatic nitrogens is 2. The first-order valence-electron chi connectivity index (χ1n) is 4.63. The minimum atomic E-state index is 0.255. The van der Waals surface area contributed by atoms with E-state index >= 15 is 0 Å². The van der Waals surface area contributed by atoms with Crippen molar-refractivity contribution in [2.75, 3.05) is 11.1 Å². The monoisotopic (exact) mass is 211 g/mol. The standard InChI is InChI=1S/C11H9N5/c12-7-10-11(15-5-4-14-10)16-9-3-1-2-8(13)6-9/h1-6H,13H2,(H,15,16). The molecule has 1 aromatic carbocycles. The quantitative estimate of drug-likeness (QED) is 0.738. The number of hydrogen-bond donors (Lipinski definition) is 2. The molecule has 0 unspecified atom stereocenters. The molecule has 0 aliphatic rings. The van der Waals surface area contributed by atoms with Gasteiger partial charge in [-0.05, 0) is 18.2 Å². The van der Waals surface area contributed by atoms with E-state index in [-0.39, 0.29) is 5.69 Å². The molecule has 3 N–H and O–H groups in total. The van der Waals surface area contributed by atoms with Crippen LogP contribution in [0, 0.1) is 11.3 Å². The molecule has 0 atom stereocenters. The van der Waals surface area contributed by atoms with Crippen LogP contribution in [0.1, 0.15) is 5.69 Å². The molecular formula is C11H9N5. The molecule has 1 heterocycles. The van der Waals surface area contributed by atoms with Crippen LogP contribution in [0.3, 0.4) is 0 Å². The maximum absolute atomic E-state index is 8.83. The van der Waals surface area contributed by atoms with Crippen LogP contribution in [0.5, 0.6) is 0 Å². The Morgan fingerprint density at radius 3 is 2.81 bits per heavy atom. The van der Waals surface area contributed by atoms with Crippen molar-refractivity contribution in [3.63, 3.8) is 0 Å². The smallest absolute Gasteiger partial charge is 0.183 e. The van der Waals surface area contributed by atoms with Crippen molar-refractivity contribution in [1.29, 1.82) is 5.26 Å². The number of benzene rings is 1. The second kappa shape index (κ2) is 4.28. The first kappa shape index (κ1) is 9.93. The first-order chi connectivity index (χ1) is 7.79. The van der Waals surface area contributed by atoms with E-state index in [2.05, 4.69) is 15.3 Å². The van der Waals surface area contributed by atoms with Gasteiger partial charge in [-0.2, -0.15) is 5.26 Å². The Balaban J connectivity index is 2.31. The van der Waals surface area contributed by atoms with E-state index < -0.39 is 0 Å². The maximum Gasteiger partial charge on any atom is 0.183 e. The second-order valence-electron chi connectivity index (χ2n) is 3.12. The van der Waals surface area contributed by atoms with Crippen molar-refractivity contribution in [3.8, 4) is 6.07 Å². The number of anilines is 3. The van der Waals surface area contributed by atoms with Gasteiger partial charge in [-0.15, -0.1) is 0 Å². The minimum absolute atomic E-state index is 0.255. The molecule has 0 radical (unpaired) electrons. The fourth-order valence-corrected chi connectivity index (χ4v) is 1.26. The van der Waals surface area contributed by atoms with Gasteiger partial charge < -0.3 is 11.1 Å². The zero-order chi connectivity index (χ0) is 11.4. The van der Waals surface area contributed by atoms with Gasteiger partial charge in [0, 0.05) is 23.8 Å². The minimum Gasteiger partial charge on any atom is -0.399 e. The van der Waals surface area contributed by atoms with Gasteiger partial charge in [0.2, 0.25) is 0 Å². The fraction of sp³-hybridized carbons (Fsp3) is 0. The number of rotatable bonds is 2. The van der Waals surface area contributed by atoms with Crippen LogP contribution in [0.2, 0.25) is 0 Å². The number of nitrogens with two attached hydrogens (primary N) is 1. The maximum atomic E-state index is 8.83. The van der Waals surface area contributed by atoms with Crippen molar-refractivity contribution in [2.24, 2.45) is 0 Å². The molecule has 2 rings (SSSR count). The van der Waals surface area contributed by atoms with Crippen molar-refractivity contribution < 1.29 is 0 Å². The number of nitrogens with one attached hydrogen (secondary N) is 1. The molecule has 0 aliphatic heterocycles. The summed E-state index contributed by atoms with van der Waals surface area (Å²) >= 11 is 0. The van der Waals surface area contributed by atoms with E-state index in [4.69, 9.17) is 11.0 Å². The summed E-state index contributed by atoms with van der Waals surface area (Å²) in [7, 11) is 0. The summed E-state index contributed by atoms with van der Waals surface area (Å²) in [6.45, 7) is 0. The highest BCUT2D eigenvalue weighted by atomic mass is 15.0. The van der Waals surface area contributed by atoms with E-state index in [0.29, 0.717) is 11.5 Å². The van der Waals surface area contributed by atoms with Crippen molar-refractivity contribution >= 4 is 17.2 Å². The van der Waals surface area contributed by atoms with Gasteiger partial charge in [0.05, 0.1) is 0 Å². The number of nitrogen functional groups attached to an aromatic ring is 1. The molecular weight excluding hydrogens is 202 g/mol. The second-order valence-corrected chi connectivity index (χ2v) is 3.12. The topological polar surface area (TPSA) is 87.6 Å². The molecule has 2 aromatic rings. The Hall–Kier alpha value is -2.61. The number of hydrogen-bond acceptors (Lipinski definition) is 5. The molecule has 5 heteroatoms. The molecule has 1 aromatic heterocycles. The molecule has 0 aliphatic carbocycles. The van der Waals surface area contributed by atoms with Gasteiger partial charge in [0.15, 0.2) is 11.5 Å². The highest BCUT2D eigenvalue weighted by Crippen LogP contribution is 2.18. The van der Waals surface area contributed by atoms with Gasteiger partial charge >= 0.3 is 0 Å². The van der Waals surface area contributed by atoms with Crippen LogP contribution in [-0.2, 0) is 0 Å². The van der Waals surface area contributed by atoms with Crippen molar-refractivity contribution in [1.82, 2.24) is 9.97 Å². The summed E-state index contributed by atoms with van der Waals surface area (Å²) in [5.41, 5.74) is 7.32. The molecule has 16 heavy (non-hydrogen) atoms. The Kier molecular flexibility index (Phi) is 2.65. The highest BCUT2D eigenvalue weighted by molar-refractivity contribution is 5.63. The molecule has 78 valence electrons. The lowest BCUT2D eigenvalue weighted by Gasteiger charge is -2.06. The van der Waals surface area contributed by atoms with Gasteiger partial charge in [-0.1, -0.05) is 6.07 Å². The van der Waals surface area contributed by atoms with Crippen LogP contribution >= 0.6 is 0 Å². The van der Waals surface area contributed by atoms with E-state index in [9.17, 15) is 0 Å². The fourth-order valence-electron chi connectivity index (χ4n) is 1.26. The zero-order valence-corrected chi connectivity index (χ0v) is 8.38. The van der Waals surface area contributed by atoms with E-state index in [1.807, 2.05) is 18.2 Å². The third-order valence-corrected chi connectivity index (χ3v) is 1.95. The lowest BCUT2D eigenvalue weighted by atomic mass is 10.3. The average Bonchev–Trinajstić information content (AvgIpc) is 2.30. The van der Waals surface area contributed by atoms with E-state index in [1.54, 1.807) is 12.1 Å². The van der Waals surface area contributed by atoms with Gasteiger partial charge in [-0.3, -0.25) is 0 Å². The molecule has 0 fully saturated rings. The Labute approximate surface area is 92.6 Å². The van der Waals surface area contributed by atoms with E-state index in [0.717, 1.165) is 5.69 Å². The highest BCUT2D eigenvalue weighted by Gasteiger charge is 2.03. The van der Waals surface area contributed by atoms with Crippen LogP contribution in [-0.4, -0.2) is 9.97 Å². The zero-order valence-electron chi connectivity index (χ0n) is 8.38. The Bertz CT molecular complexity index is 544. The lowest BCUT2D eigenvalue weighted by Crippen LogP contribution is -1.98. The van der Waals surface area contributed by atoms with Gasteiger partial charge in [0.25, 0.3) is 0 Å². The van der Waals surface area contributed by atoms with Crippen molar-refractivity contribution in [3.05, 3.63) is 42.4 Å². The first-order valence-corrected chi connectivity index (χ1v) is 4.63. The molecule has 0 saturated heterocycles. The third-order valence-electron chi connectivity index (χ3n) is 1.95. The average molecular weight is 211 g/mol. The molecule has 5 nitrogen and oxygen atoms in total. The normalized spacial score (nSPS) is 9.44. The summed E-state index contributed by atoms with van der Waals surface area (Å²) in [5.74, 6) is 0.426. The predicted octanol–water partition coefficient (Wildman–Crippen LogP) is 1.67. The summed E-state index contributed by atoms with van der Waals surface area (Å²) < 4.78 is 0. The van der Waals surface area contributed by atoms with Crippen LogP contribution in [0.25, 0.3) is 0 Å². The predicted molar refractivity (Wildman–Crippen MR) is 60.9 cm³/mol. The SMILES string of the molecule is N#Cc1nccnc1Nc1cccc(N)c1. The summed E-state index contributed by atoms with van der Waals surface area (Å²) in [5, 5.41) is 11.8. The van der Waals surface area contributed by atoms with Crippen LogP contribution in [0.4, 0.5) is 17.2 Å². The lowest BCUT2D eigenvalue weighted by molar-refractivity contribution is 1.16. The van der Waals surface area contributed by atoms with Crippen LogP contribution in [0.15, 0.2) is 36.7 Å². The molecule has 0 spiro atoms. The number of nitrogens with zero attached hydrogens (tertiary/aromatic N) is 3. The van der Waals surface area contributed by atoms with Crippen LogP contribution < -0.4 is 11.1 Å². The van der Waals surface area contributed by atoms with Crippen molar-refractivity contribution in [2.45, 2.75) is 0 Å². The summed E-state index contributed by atoms with van der Waals surface area (Å²) in [6.07, 6.45) is 3.00. The third kappa shape index (κ3) is 2.07. The molecule has 0 amide bonds. The number of nitriles is 1. The molecule has 0 saturated carbocycles. The Morgan fingerprint density at radius 2 is 2.06 bits per heavy atom. The molecule has 0 bridgehead atoms. The van der Waals surface area contributed by atoms with Gasteiger partial charge in [0.1, 0.15) is 6.07 Å². The summed E-state index contributed by atoms with van der Waals surface area (Å²) in [4.78, 5) is 7.94.